The van der Waals surface area contributed by atoms with Crippen LogP contribution < -0.4 is 10.6 Å². The highest BCUT2D eigenvalue weighted by Crippen LogP contribution is 2.40. The van der Waals surface area contributed by atoms with Gasteiger partial charge < -0.3 is 15.7 Å². The van der Waals surface area contributed by atoms with E-state index in [-0.39, 0.29) is 12.3 Å². The highest BCUT2D eigenvalue weighted by molar-refractivity contribution is 5.97. The number of aryl methyl sites for hydroxylation is 1. The first-order valence-electron chi connectivity index (χ1n) is 6.20. The minimum atomic E-state index is -1.42. The quantitative estimate of drug-likeness (QED) is 0.799. The van der Waals surface area contributed by atoms with E-state index in [0.717, 1.165) is 11.1 Å². The Morgan fingerprint density at radius 3 is 2.53 bits per heavy atom. The number of anilines is 1. The van der Waals surface area contributed by atoms with Crippen molar-refractivity contribution in [2.24, 2.45) is 5.73 Å². The second-order valence-electron chi connectivity index (χ2n) is 5.10. The molecular formula is C14H18N2O3. The first kappa shape index (κ1) is 13.5. The molecule has 19 heavy (non-hydrogen) atoms. The third kappa shape index (κ3) is 1.90. The molecule has 102 valence electrons. The summed E-state index contributed by atoms with van der Waals surface area (Å²) in [5, 5.41) is 9.40. The van der Waals surface area contributed by atoms with E-state index in [1.165, 1.54) is 6.92 Å². The number of hydrogen-bond donors (Lipinski definition) is 2. The molecule has 0 aromatic heterocycles. The Morgan fingerprint density at radius 1 is 1.37 bits per heavy atom. The van der Waals surface area contributed by atoms with E-state index in [2.05, 4.69) is 0 Å². The standard InChI is InChI=1S/C14H18N2O3/c1-8-4-5-11-12(9(8)2)16(10(3)17)7-6-14(11,15)13(18)19/h4-5H,6-7,15H2,1-3H3,(H,18,19). The van der Waals surface area contributed by atoms with Crippen molar-refractivity contribution in [2.75, 3.05) is 11.4 Å². The maximum atomic E-state index is 11.7. The molecule has 0 bridgehead atoms. The molecule has 0 radical (unpaired) electrons. The van der Waals surface area contributed by atoms with Gasteiger partial charge >= 0.3 is 5.97 Å². The first-order valence-corrected chi connectivity index (χ1v) is 6.20. The summed E-state index contributed by atoms with van der Waals surface area (Å²) >= 11 is 0. The van der Waals surface area contributed by atoms with E-state index in [0.29, 0.717) is 17.8 Å². The van der Waals surface area contributed by atoms with Crippen LogP contribution in [0.15, 0.2) is 12.1 Å². The monoisotopic (exact) mass is 262 g/mol. The van der Waals surface area contributed by atoms with Crippen LogP contribution in [0.3, 0.4) is 0 Å². The van der Waals surface area contributed by atoms with Gasteiger partial charge in [-0.2, -0.15) is 0 Å². The summed E-state index contributed by atoms with van der Waals surface area (Å²) in [4.78, 5) is 24.8. The second kappa shape index (κ2) is 4.35. The molecule has 1 amide bonds. The molecular weight excluding hydrogens is 244 g/mol. The predicted molar refractivity (Wildman–Crippen MR) is 72.1 cm³/mol. The Kier molecular flexibility index (Phi) is 3.10. The molecule has 1 aliphatic rings. The highest BCUT2D eigenvalue weighted by Gasteiger charge is 2.43. The molecule has 0 saturated heterocycles. The summed E-state index contributed by atoms with van der Waals surface area (Å²) in [6.07, 6.45) is 0.220. The molecule has 2 rings (SSSR count). The number of carboxylic acid groups (broad SMARTS) is 1. The first-order chi connectivity index (χ1) is 8.79. The van der Waals surface area contributed by atoms with Crippen molar-refractivity contribution in [1.82, 2.24) is 0 Å². The van der Waals surface area contributed by atoms with Crippen LogP contribution in [-0.4, -0.2) is 23.5 Å². The number of amides is 1. The molecule has 1 heterocycles. The number of rotatable bonds is 1. The van der Waals surface area contributed by atoms with Crippen molar-refractivity contribution in [2.45, 2.75) is 32.7 Å². The van der Waals surface area contributed by atoms with Gasteiger partial charge in [-0.15, -0.1) is 0 Å². The number of nitrogens with two attached hydrogens (primary N) is 1. The van der Waals surface area contributed by atoms with Crippen LogP contribution in [0, 0.1) is 13.8 Å². The van der Waals surface area contributed by atoms with Crippen molar-refractivity contribution in [3.8, 4) is 0 Å². The SMILES string of the molecule is CC(=O)N1CCC(N)(C(=O)O)c2ccc(C)c(C)c21. The largest absolute Gasteiger partial charge is 0.480 e. The van der Waals surface area contributed by atoms with Crippen molar-refractivity contribution in [1.29, 1.82) is 0 Å². The van der Waals surface area contributed by atoms with Gasteiger partial charge in [-0.1, -0.05) is 12.1 Å². The normalized spacial score (nSPS) is 22.0. The molecule has 0 spiro atoms. The minimum absolute atomic E-state index is 0.0950. The van der Waals surface area contributed by atoms with Crippen molar-refractivity contribution < 1.29 is 14.7 Å². The number of nitrogens with zero attached hydrogens (tertiary/aromatic N) is 1. The van der Waals surface area contributed by atoms with Crippen LogP contribution in [-0.2, 0) is 15.1 Å². The lowest BCUT2D eigenvalue weighted by Crippen LogP contribution is -2.52. The summed E-state index contributed by atoms with van der Waals surface area (Å²) in [5.74, 6) is -1.15. The van der Waals surface area contributed by atoms with Gasteiger partial charge in [0.15, 0.2) is 0 Å². The van der Waals surface area contributed by atoms with Crippen LogP contribution in [0.1, 0.15) is 30.0 Å². The lowest BCUT2D eigenvalue weighted by molar-refractivity contribution is -0.144. The second-order valence-corrected chi connectivity index (χ2v) is 5.10. The average molecular weight is 262 g/mol. The highest BCUT2D eigenvalue weighted by atomic mass is 16.4. The van der Waals surface area contributed by atoms with Gasteiger partial charge in [0, 0.05) is 19.0 Å². The summed E-state index contributed by atoms with van der Waals surface area (Å²) in [6, 6.07) is 3.57. The van der Waals surface area contributed by atoms with Gasteiger partial charge in [0.25, 0.3) is 0 Å². The Bertz CT molecular complexity index is 568. The van der Waals surface area contributed by atoms with Gasteiger partial charge in [-0.05, 0) is 31.4 Å². The fourth-order valence-corrected chi connectivity index (χ4v) is 2.58. The number of carboxylic acids is 1. The zero-order valence-electron chi connectivity index (χ0n) is 11.4. The average Bonchev–Trinajstić information content (AvgIpc) is 2.33. The summed E-state index contributed by atoms with van der Waals surface area (Å²) in [5.41, 5.74) is 7.73. The third-order valence-corrected chi connectivity index (χ3v) is 3.94. The molecule has 3 N–H and O–H groups in total. The van der Waals surface area contributed by atoms with Crippen molar-refractivity contribution >= 4 is 17.6 Å². The van der Waals surface area contributed by atoms with Crippen LogP contribution in [0.5, 0.6) is 0 Å². The molecule has 1 aliphatic heterocycles. The predicted octanol–water partition coefficient (Wildman–Crippen LogP) is 1.30. The van der Waals surface area contributed by atoms with Gasteiger partial charge in [0.05, 0.1) is 5.69 Å². The van der Waals surface area contributed by atoms with E-state index < -0.39 is 11.5 Å². The van der Waals surface area contributed by atoms with Crippen LogP contribution in [0.25, 0.3) is 0 Å². The van der Waals surface area contributed by atoms with Gasteiger partial charge in [-0.25, -0.2) is 4.79 Å². The van der Waals surface area contributed by atoms with E-state index >= 15 is 0 Å². The molecule has 1 unspecified atom stereocenters. The molecule has 1 aromatic rings. The zero-order chi connectivity index (χ0) is 14.4. The number of hydrogen-bond acceptors (Lipinski definition) is 3. The van der Waals surface area contributed by atoms with Gasteiger partial charge in [-0.3, -0.25) is 4.79 Å². The third-order valence-electron chi connectivity index (χ3n) is 3.94. The maximum Gasteiger partial charge on any atom is 0.328 e. The molecule has 1 atom stereocenters. The summed E-state index contributed by atoms with van der Waals surface area (Å²) in [7, 11) is 0. The minimum Gasteiger partial charge on any atom is -0.480 e. The van der Waals surface area contributed by atoms with E-state index in [4.69, 9.17) is 5.73 Å². The number of carbonyl (C=O) groups excluding carboxylic acids is 1. The molecule has 0 fully saturated rings. The lowest BCUT2D eigenvalue weighted by Gasteiger charge is -2.39. The lowest BCUT2D eigenvalue weighted by atomic mass is 9.81. The van der Waals surface area contributed by atoms with Crippen LogP contribution >= 0.6 is 0 Å². The van der Waals surface area contributed by atoms with Crippen molar-refractivity contribution in [3.05, 3.63) is 28.8 Å². The number of fused-ring (bicyclic) bond motifs is 1. The summed E-state index contributed by atoms with van der Waals surface area (Å²) < 4.78 is 0. The van der Waals surface area contributed by atoms with Gasteiger partial charge in [0.2, 0.25) is 5.91 Å². The fourth-order valence-electron chi connectivity index (χ4n) is 2.58. The topological polar surface area (TPSA) is 83.6 Å². The molecule has 1 aromatic carbocycles. The molecule has 5 heteroatoms. The van der Waals surface area contributed by atoms with E-state index in [1.54, 1.807) is 11.0 Å². The Labute approximate surface area is 112 Å². The summed E-state index contributed by atoms with van der Waals surface area (Å²) in [6.45, 7) is 5.63. The Hall–Kier alpha value is -1.88. The van der Waals surface area contributed by atoms with E-state index in [1.807, 2.05) is 19.9 Å². The number of carbonyl (C=O) groups is 2. The molecule has 5 nitrogen and oxygen atoms in total. The maximum absolute atomic E-state index is 11.7. The van der Waals surface area contributed by atoms with Crippen LogP contribution in [0.4, 0.5) is 5.69 Å². The zero-order valence-corrected chi connectivity index (χ0v) is 11.4. The Morgan fingerprint density at radius 2 is 2.00 bits per heavy atom. The molecule has 0 aliphatic carbocycles. The number of aliphatic carboxylic acids is 1. The van der Waals surface area contributed by atoms with E-state index in [9.17, 15) is 14.7 Å². The fraction of sp³-hybridized carbons (Fsp3) is 0.429. The van der Waals surface area contributed by atoms with Crippen molar-refractivity contribution in [3.63, 3.8) is 0 Å². The van der Waals surface area contributed by atoms with Crippen LogP contribution in [0.2, 0.25) is 0 Å². The smallest absolute Gasteiger partial charge is 0.328 e. The Balaban J connectivity index is 2.74. The van der Waals surface area contributed by atoms with Gasteiger partial charge in [0.1, 0.15) is 5.54 Å². The molecule has 0 saturated carbocycles. The number of benzene rings is 1.